The number of nitrogens with zero attached hydrogens (tertiary/aromatic N) is 2. The van der Waals surface area contributed by atoms with Gasteiger partial charge in [0.05, 0.1) is 31.4 Å². The zero-order valence-electron chi connectivity index (χ0n) is 20.1. The monoisotopic (exact) mass is 498 g/mol. The van der Waals surface area contributed by atoms with E-state index in [4.69, 9.17) is 21.1 Å². The molecule has 1 N–H and O–H groups in total. The van der Waals surface area contributed by atoms with Crippen molar-refractivity contribution in [1.82, 2.24) is 9.80 Å². The number of rotatable bonds is 8. The molecule has 2 aromatic rings. The molecule has 0 spiro atoms. The average Bonchev–Trinajstić information content (AvgIpc) is 3.10. The van der Waals surface area contributed by atoms with Gasteiger partial charge >= 0.3 is 0 Å². The third-order valence-corrected chi connectivity index (χ3v) is 6.72. The fraction of sp³-hybridized carbons (Fsp3) is 0.407. The summed E-state index contributed by atoms with van der Waals surface area (Å²) in [4.78, 5) is 30.3. The Morgan fingerprint density at radius 3 is 2.49 bits per heavy atom. The molecule has 8 heteroatoms. The van der Waals surface area contributed by atoms with Gasteiger partial charge in [-0.25, -0.2) is 0 Å². The predicted molar refractivity (Wildman–Crippen MR) is 135 cm³/mol. The number of halogens is 1. The SMILES string of the molecule is CCOc1ccc(/C(O)=C2/C(=O)C(=O)N(CCCN3CCOCC3)C2c2ccc(Cl)cc2)c(C)c1. The number of hydrogen-bond acceptors (Lipinski definition) is 6. The molecule has 2 aromatic carbocycles. The van der Waals surface area contributed by atoms with Gasteiger partial charge in [0.25, 0.3) is 11.7 Å². The molecule has 1 atom stereocenters. The van der Waals surface area contributed by atoms with Crippen LogP contribution in [0.1, 0.15) is 36.1 Å². The number of carbonyl (C=O) groups excluding carboxylic acids is 2. The maximum Gasteiger partial charge on any atom is 0.295 e. The van der Waals surface area contributed by atoms with Crippen molar-refractivity contribution in [3.63, 3.8) is 0 Å². The van der Waals surface area contributed by atoms with Gasteiger partial charge in [-0.2, -0.15) is 0 Å². The van der Waals surface area contributed by atoms with Crippen molar-refractivity contribution in [3.8, 4) is 5.75 Å². The maximum atomic E-state index is 13.2. The normalized spacial score (nSPS) is 20.4. The molecule has 2 saturated heterocycles. The smallest absolute Gasteiger partial charge is 0.295 e. The van der Waals surface area contributed by atoms with E-state index in [1.54, 1.807) is 41.3 Å². The second-order valence-electron chi connectivity index (χ2n) is 8.76. The van der Waals surface area contributed by atoms with E-state index in [1.807, 2.05) is 19.9 Å². The molecule has 186 valence electrons. The number of benzene rings is 2. The minimum absolute atomic E-state index is 0.0935. The molecule has 0 saturated carbocycles. The number of likely N-dealkylation sites (tertiary alicyclic amines) is 1. The third kappa shape index (κ3) is 5.53. The summed E-state index contributed by atoms with van der Waals surface area (Å²) in [5, 5.41) is 11.9. The summed E-state index contributed by atoms with van der Waals surface area (Å²) < 4.78 is 11.0. The van der Waals surface area contributed by atoms with Crippen LogP contribution < -0.4 is 4.74 Å². The minimum Gasteiger partial charge on any atom is -0.507 e. The molecular weight excluding hydrogens is 468 g/mol. The Bertz CT molecular complexity index is 1110. The quantitative estimate of drug-likeness (QED) is 0.334. The summed E-state index contributed by atoms with van der Waals surface area (Å²) in [5.74, 6) is -0.780. The first-order valence-electron chi connectivity index (χ1n) is 12.0. The van der Waals surface area contributed by atoms with E-state index >= 15 is 0 Å². The summed E-state index contributed by atoms with van der Waals surface area (Å²) in [5.41, 5.74) is 2.07. The van der Waals surface area contributed by atoms with Crippen LogP contribution in [0, 0.1) is 6.92 Å². The summed E-state index contributed by atoms with van der Waals surface area (Å²) >= 11 is 6.10. The van der Waals surface area contributed by atoms with Gasteiger partial charge < -0.3 is 19.5 Å². The van der Waals surface area contributed by atoms with Crippen LogP contribution in [-0.2, 0) is 14.3 Å². The van der Waals surface area contributed by atoms with Gasteiger partial charge in [0.1, 0.15) is 11.5 Å². The number of hydrogen-bond donors (Lipinski definition) is 1. The summed E-state index contributed by atoms with van der Waals surface area (Å²) in [7, 11) is 0. The number of ether oxygens (including phenoxy) is 2. The second kappa shape index (κ2) is 11.2. The lowest BCUT2D eigenvalue weighted by Crippen LogP contribution is -2.38. The highest BCUT2D eigenvalue weighted by atomic mass is 35.5. The average molecular weight is 499 g/mol. The number of amides is 1. The van der Waals surface area contributed by atoms with E-state index in [2.05, 4.69) is 4.90 Å². The van der Waals surface area contributed by atoms with E-state index in [0.29, 0.717) is 49.1 Å². The van der Waals surface area contributed by atoms with Gasteiger partial charge in [0.2, 0.25) is 0 Å². The molecule has 35 heavy (non-hydrogen) atoms. The van der Waals surface area contributed by atoms with E-state index in [0.717, 1.165) is 30.8 Å². The summed E-state index contributed by atoms with van der Waals surface area (Å²) in [6, 6.07) is 11.6. The molecule has 2 heterocycles. The Labute approximate surface area is 210 Å². The first-order chi connectivity index (χ1) is 16.9. The Balaban J connectivity index is 1.68. The first-order valence-corrected chi connectivity index (χ1v) is 12.4. The fourth-order valence-electron chi connectivity index (χ4n) is 4.70. The van der Waals surface area contributed by atoms with Crippen molar-refractivity contribution >= 4 is 29.1 Å². The van der Waals surface area contributed by atoms with Crippen LogP contribution in [0.4, 0.5) is 0 Å². The third-order valence-electron chi connectivity index (χ3n) is 6.47. The lowest BCUT2D eigenvalue weighted by atomic mass is 9.94. The van der Waals surface area contributed by atoms with Crippen molar-refractivity contribution in [1.29, 1.82) is 0 Å². The number of carbonyl (C=O) groups is 2. The highest BCUT2D eigenvalue weighted by Gasteiger charge is 2.46. The number of aliphatic hydroxyl groups excluding tert-OH is 1. The zero-order valence-corrected chi connectivity index (χ0v) is 20.9. The van der Waals surface area contributed by atoms with Gasteiger partial charge in [-0.3, -0.25) is 14.5 Å². The van der Waals surface area contributed by atoms with Gasteiger partial charge in [0, 0.05) is 36.8 Å². The molecule has 2 aliphatic heterocycles. The lowest BCUT2D eigenvalue weighted by Gasteiger charge is -2.29. The Kier molecular flexibility index (Phi) is 8.11. The number of morpholine rings is 1. The van der Waals surface area contributed by atoms with E-state index in [9.17, 15) is 14.7 Å². The van der Waals surface area contributed by atoms with Crippen LogP contribution in [0.2, 0.25) is 5.02 Å². The van der Waals surface area contributed by atoms with Gasteiger partial charge in [-0.05, 0) is 61.7 Å². The molecular formula is C27H31ClN2O5. The van der Waals surface area contributed by atoms with E-state index in [1.165, 1.54) is 0 Å². The second-order valence-corrected chi connectivity index (χ2v) is 9.20. The number of aliphatic hydroxyl groups is 1. The van der Waals surface area contributed by atoms with Crippen molar-refractivity contribution in [2.75, 3.05) is 46.0 Å². The van der Waals surface area contributed by atoms with Crippen LogP contribution in [-0.4, -0.2) is 72.6 Å². The van der Waals surface area contributed by atoms with Crippen LogP contribution >= 0.6 is 11.6 Å². The number of aryl methyl sites for hydroxylation is 1. The van der Waals surface area contributed by atoms with Crippen molar-refractivity contribution in [2.24, 2.45) is 0 Å². The standard InChI is InChI=1S/C27H31ClN2O5/c1-3-35-21-9-10-22(18(2)17-21)25(31)23-24(19-5-7-20(28)8-6-19)30(27(33)26(23)32)12-4-11-29-13-15-34-16-14-29/h5-10,17,24,31H,3-4,11-16H2,1-2H3/b25-23-. The van der Waals surface area contributed by atoms with E-state index < -0.39 is 17.7 Å². The molecule has 0 aromatic heterocycles. The van der Waals surface area contributed by atoms with Crippen LogP contribution in [0.15, 0.2) is 48.0 Å². The van der Waals surface area contributed by atoms with Crippen LogP contribution in [0.5, 0.6) is 5.75 Å². The molecule has 1 amide bonds. The maximum absolute atomic E-state index is 13.2. The summed E-state index contributed by atoms with van der Waals surface area (Å²) in [6.45, 7) is 8.59. The Morgan fingerprint density at radius 1 is 1.11 bits per heavy atom. The molecule has 4 rings (SSSR count). The molecule has 0 bridgehead atoms. The summed E-state index contributed by atoms with van der Waals surface area (Å²) in [6.07, 6.45) is 0.708. The molecule has 0 aliphatic carbocycles. The largest absolute Gasteiger partial charge is 0.507 e. The number of Topliss-reactive ketones (excluding diaryl/α,β-unsaturated/α-hetero) is 1. The van der Waals surface area contributed by atoms with Gasteiger partial charge in [0.15, 0.2) is 0 Å². The zero-order chi connectivity index (χ0) is 24.9. The molecule has 2 aliphatic rings. The van der Waals surface area contributed by atoms with Crippen LogP contribution in [0.3, 0.4) is 0 Å². The molecule has 7 nitrogen and oxygen atoms in total. The topological polar surface area (TPSA) is 79.3 Å². The van der Waals surface area contributed by atoms with Crippen molar-refractivity contribution < 1.29 is 24.2 Å². The first kappa shape index (κ1) is 25.2. The highest BCUT2D eigenvalue weighted by Crippen LogP contribution is 2.40. The molecule has 0 radical (unpaired) electrons. The lowest BCUT2D eigenvalue weighted by molar-refractivity contribution is -0.140. The fourth-order valence-corrected chi connectivity index (χ4v) is 4.82. The van der Waals surface area contributed by atoms with Crippen molar-refractivity contribution in [2.45, 2.75) is 26.3 Å². The predicted octanol–water partition coefficient (Wildman–Crippen LogP) is 4.19. The van der Waals surface area contributed by atoms with Crippen LogP contribution in [0.25, 0.3) is 5.76 Å². The van der Waals surface area contributed by atoms with E-state index in [-0.39, 0.29) is 11.3 Å². The molecule has 2 fully saturated rings. The van der Waals surface area contributed by atoms with Crippen molar-refractivity contribution in [3.05, 3.63) is 69.8 Å². The Hall–Kier alpha value is -2.87. The van der Waals surface area contributed by atoms with Gasteiger partial charge in [-0.1, -0.05) is 23.7 Å². The number of ketones is 1. The minimum atomic E-state index is -0.692. The highest BCUT2D eigenvalue weighted by molar-refractivity contribution is 6.46. The molecule has 1 unspecified atom stereocenters. The Morgan fingerprint density at radius 2 is 1.83 bits per heavy atom. The van der Waals surface area contributed by atoms with Gasteiger partial charge in [-0.15, -0.1) is 0 Å².